The molecular formula is C17H30N6O7. The van der Waals surface area contributed by atoms with Gasteiger partial charge in [-0.3, -0.25) is 9.80 Å². The van der Waals surface area contributed by atoms with Crippen LogP contribution in [-0.2, 0) is 29.1 Å². The van der Waals surface area contributed by atoms with Crippen LogP contribution in [0.2, 0.25) is 0 Å². The van der Waals surface area contributed by atoms with Crippen molar-refractivity contribution in [2.45, 2.75) is 26.6 Å². The zero-order valence-corrected chi connectivity index (χ0v) is 17.7. The van der Waals surface area contributed by atoms with Gasteiger partial charge in [0, 0.05) is 13.7 Å². The fraction of sp³-hybridized carbons (Fsp3) is 0.765. The molecule has 0 atom stereocenters. The molecule has 13 heteroatoms. The number of carbonyl (C=O) groups is 1. The first-order valence-corrected chi connectivity index (χ1v) is 9.70. The Hall–Kier alpha value is -2.48. The fourth-order valence-electron chi connectivity index (χ4n) is 3.15. The van der Waals surface area contributed by atoms with E-state index in [-0.39, 0.29) is 45.6 Å². The summed E-state index contributed by atoms with van der Waals surface area (Å²) in [4.78, 5) is 55.0. The summed E-state index contributed by atoms with van der Waals surface area (Å²) in [5.41, 5.74) is -2.39. The third-order valence-corrected chi connectivity index (χ3v) is 4.68. The van der Waals surface area contributed by atoms with Crippen molar-refractivity contribution in [2.24, 2.45) is 0 Å². The molecule has 0 saturated carbocycles. The van der Waals surface area contributed by atoms with Crippen LogP contribution in [0.4, 0.5) is 4.79 Å². The summed E-state index contributed by atoms with van der Waals surface area (Å²) in [5.74, 6) is 0. The van der Waals surface area contributed by atoms with Gasteiger partial charge in [0.25, 0.3) is 0 Å². The second kappa shape index (κ2) is 11.1. The normalized spacial score (nSPS) is 15.3. The molecule has 1 aromatic rings. The first-order valence-electron chi connectivity index (χ1n) is 9.70. The molecule has 0 aromatic carbocycles. The molecule has 170 valence electrons. The maximum Gasteiger partial charge on any atom is 0.336 e. The van der Waals surface area contributed by atoms with Gasteiger partial charge in [0.2, 0.25) is 0 Å². The fourth-order valence-corrected chi connectivity index (χ4v) is 3.15. The van der Waals surface area contributed by atoms with Crippen LogP contribution in [0, 0.1) is 0 Å². The lowest BCUT2D eigenvalue weighted by atomic mass is 10.5. The summed E-state index contributed by atoms with van der Waals surface area (Å²) in [6, 6.07) is -0.147. The zero-order chi connectivity index (χ0) is 22.3. The molecule has 0 spiro atoms. The van der Waals surface area contributed by atoms with Crippen LogP contribution < -0.4 is 17.1 Å². The first-order chi connectivity index (χ1) is 14.3. The number of hydrogen-bond donors (Lipinski definition) is 1. The lowest BCUT2D eigenvalue weighted by Crippen LogP contribution is -2.57. The van der Waals surface area contributed by atoms with Gasteiger partial charge in [-0.2, -0.15) is 0 Å². The zero-order valence-electron chi connectivity index (χ0n) is 17.7. The Morgan fingerprint density at radius 2 is 1.40 bits per heavy atom. The standard InChI is InChI=1S/C17H30N6O7/c1-4-19-11-18(2)12-20(14(19)25)13-30-10-7-23-16(27)21(5-8-24)15(26)22(17(23)28)6-9-29-3/h24H,4-13H2,1-3H3. The van der Waals surface area contributed by atoms with Gasteiger partial charge in [-0.05, 0) is 14.0 Å². The minimum Gasteiger partial charge on any atom is -0.395 e. The molecule has 1 aliphatic rings. The lowest BCUT2D eigenvalue weighted by molar-refractivity contribution is -0.0208. The Morgan fingerprint density at radius 1 is 0.867 bits per heavy atom. The minimum absolute atomic E-state index is 0.00255. The number of aliphatic hydroxyl groups is 1. The molecule has 0 bridgehead atoms. The highest BCUT2D eigenvalue weighted by Gasteiger charge is 2.27. The van der Waals surface area contributed by atoms with Crippen LogP contribution in [0.15, 0.2) is 14.4 Å². The van der Waals surface area contributed by atoms with E-state index in [0.717, 1.165) is 13.7 Å². The molecular weight excluding hydrogens is 400 g/mol. The van der Waals surface area contributed by atoms with Crippen LogP contribution in [0.25, 0.3) is 0 Å². The largest absolute Gasteiger partial charge is 0.395 e. The molecule has 2 heterocycles. The van der Waals surface area contributed by atoms with Crippen LogP contribution in [0.5, 0.6) is 0 Å². The minimum atomic E-state index is -0.817. The Labute approximate surface area is 173 Å². The van der Waals surface area contributed by atoms with Gasteiger partial charge in [0.05, 0.1) is 52.8 Å². The van der Waals surface area contributed by atoms with E-state index in [4.69, 9.17) is 14.6 Å². The molecule has 2 amide bonds. The lowest BCUT2D eigenvalue weighted by Gasteiger charge is -2.39. The number of aromatic nitrogens is 3. The maximum absolute atomic E-state index is 12.6. The molecule has 0 radical (unpaired) electrons. The van der Waals surface area contributed by atoms with E-state index in [2.05, 4.69) is 0 Å². The molecule has 30 heavy (non-hydrogen) atoms. The van der Waals surface area contributed by atoms with E-state index in [1.807, 2.05) is 18.9 Å². The van der Waals surface area contributed by atoms with Crippen molar-refractivity contribution >= 4 is 6.03 Å². The number of nitrogens with zero attached hydrogens (tertiary/aromatic N) is 6. The smallest absolute Gasteiger partial charge is 0.336 e. The van der Waals surface area contributed by atoms with E-state index in [1.165, 1.54) is 12.0 Å². The number of urea groups is 1. The van der Waals surface area contributed by atoms with Gasteiger partial charge in [-0.25, -0.2) is 32.9 Å². The molecule has 1 N–H and O–H groups in total. The number of methoxy groups -OCH3 is 1. The average Bonchev–Trinajstić information content (AvgIpc) is 2.72. The monoisotopic (exact) mass is 430 g/mol. The van der Waals surface area contributed by atoms with Crippen LogP contribution >= 0.6 is 0 Å². The third-order valence-electron chi connectivity index (χ3n) is 4.68. The molecule has 13 nitrogen and oxygen atoms in total. The Bertz CT molecular complexity index is 892. The van der Waals surface area contributed by atoms with Gasteiger partial charge in [-0.1, -0.05) is 0 Å². The van der Waals surface area contributed by atoms with Gasteiger partial charge in [0.1, 0.15) is 6.73 Å². The van der Waals surface area contributed by atoms with E-state index in [9.17, 15) is 19.2 Å². The first kappa shape index (κ1) is 23.8. The number of amides is 2. The molecule has 1 aromatic heterocycles. The predicted molar refractivity (Wildman–Crippen MR) is 106 cm³/mol. The predicted octanol–water partition coefficient (Wildman–Crippen LogP) is -2.61. The summed E-state index contributed by atoms with van der Waals surface area (Å²) in [7, 11) is 3.31. The Kier molecular flexibility index (Phi) is 8.77. The Morgan fingerprint density at radius 3 is 1.93 bits per heavy atom. The molecule has 2 rings (SSSR count). The molecule has 1 fully saturated rings. The van der Waals surface area contributed by atoms with Crippen molar-refractivity contribution in [2.75, 3.05) is 60.6 Å². The Balaban J connectivity index is 2.11. The second-order valence-corrected chi connectivity index (χ2v) is 6.87. The van der Waals surface area contributed by atoms with Gasteiger partial charge < -0.3 is 19.5 Å². The van der Waals surface area contributed by atoms with Crippen molar-refractivity contribution in [3.05, 3.63) is 31.5 Å². The molecule has 0 unspecified atom stereocenters. The van der Waals surface area contributed by atoms with Crippen molar-refractivity contribution < 1.29 is 19.4 Å². The van der Waals surface area contributed by atoms with Crippen molar-refractivity contribution in [1.82, 2.24) is 28.4 Å². The van der Waals surface area contributed by atoms with Crippen molar-refractivity contribution in [1.29, 1.82) is 0 Å². The van der Waals surface area contributed by atoms with Crippen molar-refractivity contribution in [3.63, 3.8) is 0 Å². The third kappa shape index (κ3) is 5.36. The highest BCUT2D eigenvalue weighted by molar-refractivity contribution is 5.74. The number of rotatable bonds is 11. The average molecular weight is 430 g/mol. The van der Waals surface area contributed by atoms with Gasteiger partial charge >= 0.3 is 23.1 Å². The number of aliphatic hydroxyl groups excluding tert-OH is 1. The van der Waals surface area contributed by atoms with Gasteiger partial charge in [0.15, 0.2) is 0 Å². The van der Waals surface area contributed by atoms with E-state index in [0.29, 0.717) is 19.9 Å². The number of ether oxygens (including phenoxy) is 2. The molecule has 1 saturated heterocycles. The summed E-state index contributed by atoms with van der Waals surface area (Å²) in [6.45, 7) is 2.71. The topological polar surface area (TPSA) is 131 Å². The maximum atomic E-state index is 12.6. The van der Waals surface area contributed by atoms with Crippen LogP contribution in [0.3, 0.4) is 0 Å². The molecule has 0 aliphatic carbocycles. The van der Waals surface area contributed by atoms with Crippen molar-refractivity contribution in [3.8, 4) is 0 Å². The van der Waals surface area contributed by atoms with E-state index >= 15 is 0 Å². The van der Waals surface area contributed by atoms with E-state index < -0.39 is 23.7 Å². The highest BCUT2D eigenvalue weighted by Crippen LogP contribution is 2.08. The highest BCUT2D eigenvalue weighted by atomic mass is 16.5. The quantitative estimate of drug-likeness (QED) is 0.378. The summed E-state index contributed by atoms with van der Waals surface area (Å²) < 4.78 is 13.0. The summed E-state index contributed by atoms with van der Waals surface area (Å²) in [5, 5.41) is 9.15. The summed E-state index contributed by atoms with van der Waals surface area (Å²) in [6.07, 6.45) is 0. The second-order valence-electron chi connectivity index (χ2n) is 6.87. The SMILES string of the molecule is CCN1CN(C)CN(COCCn2c(=O)n(CCO)c(=O)n(CCOC)c2=O)C1=O. The van der Waals surface area contributed by atoms with Crippen LogP contribution in [0.1, 0.15) is 6.92 Å². The number of hydrogen-bond acceptors (Lipinski definition) is 8. The van der Waals surface area contributed by atoms with E-state index in [1.54, 1.807) is 4.90 Å². The summed E-state index contributed by atoms with van der Waals surface area (Å²) >= 11 is 0. The number of carbonyl (C=O) groups excluding carboxylic acids is 1. The van der Waals surface area contributed by atoms with Gasteiger partial charge in [-0.15, -0.1) is 0 Å². The van der Waals surface area contributed by atoms with Crippen LogP contribution in [-0.4, -0.2) is 100 Å². The molecule has 1 aliphatic heterocycles.